The van der Waals surface area contributed by atoms with Gasteiger partial charge in [-0.15, -0.1) is 6.58 Å². The Morgan fingerprint density at radius 2 is 1.83 bits per heavy atom. The van der Waals surface area contributed by atoms with Crippen LogP contribution in [0, 0.1) is 18.3 Å². The van der Waals surface area contributed by atoms with E-state index in [2.05, 4.69) is 22.5 Å². The van der Waals surface area contributed by atoms with E-state index >= 15 is 0 Å². The third kappa shape index (κ3) is 3.49. The predicted octanol–water partition coefficient (Wildman–Crippen LogP) is 5.83. The van der Waals surface area contributed by atoms with Crippen LogP contribution in [0.5, 0.6) is 0 Å². The molecule has 4 nitrogen and oxygen atoms in total. The van der Waals surface area contributed by atoms with Crippen LogP contribution in [-0.2, 0) is 11.3 Å². The van der Waals surface area contributed by atoms with Gasteiger partial charge in [0.25, 0.3) is 5.91 Å². The summed E-state index contributed by atoms with van der Waals surface area (Å²) in [6, 6.07) is 23.7. The predicted molar refractivity (Wildman–Crippen MR) is 123 cm³/mol. The number of hydrogen-bond acceptors (Lipinski definition) is 2. The standard InChI is InChI=1S/C26H21N3O/c1-3-14-29-18(2)24(23-10-6-7-11-25(23)29)16-21(17-27)26(30)28-22-13-12-19-8-4-5-9-20(19)15-22/h3-13,15-16H,1,14H2,2H3,(H,28,30). The summed E-state index contributed by atoms with van der Waals surface area (Å²) in [5, 5.41) is 15.7. The molecule has 0 spiro atoms. The quantitative estimate of drug-likeness (QED) is 0.264. The van der Waals surface area contributed by atoms with Crippen molar-refractivity contribution >= 4 is 39.3 Å². The fraction of sp³-hybridized carbons (Fsp3) is 0.0769. The summed E-state index contributed by atoms with van der Waals surface area (Å²) in [6.45, 7) is 6.48. The number of carbonyl (C=O) groups is 1. The largest absolute Gasteiger partial charge is 0.340 e. The van der Waals surface area contributed by atoms with E-state index in [1.54, 1.807) is 6.08 Å². The second-order valence-electron chi connectivity index (χ2n) is 7.10. The molecule has 1 amide bonds. The Bertz CT molecular complexity index is 1350. The lowest BCUT2D eigenvalue weighted by molar-refractivity contribution is -0.112. The molecule has 0 saturated carbocycles. The molecule has 0 unspecified atom stereocenters. The minimum atomic E-state index is -0.423. The van der Waals surface area contributed by atoms with Crippen molar-refractivity contribution in [1.29, 1.82) is 5.26 Å². The summed E-state index contributed by atoms with van der Waals surface area (Å²) in [5.41, 5.74) is 3.63. The molecular formula is C26H21N3O. The van der Waals surface area contributed by atoms with E-state index in [1.165, 1.54) is 0 Å². The average Bonchev–Trinajstić information content (AvgIpc) is 3.03. The van der Waals surface area contributed by atoms with Crippen LogP contribution in [0.15, 0.2) is 85.0 Å². The van der Waals surface area contributed by atoms with Gasteiger partial charge in [-0.3, -0.25) is 4.79 Å². The summed E-state index contributed by atoms with van der Waals surface area (Å²) in [7, 11) is 0. The molecule has 0 aliphatic heterocycles. The minimum Gasteiger partial charge on any atom is -0.340 e. The van der Waals surface area contributed by atoms with Gasteiger partial charge in [-0.2, -0.15) is 5.26 Å². The van der Waals surface area contributed by atoms with Crippen molar-refractivity contribution in [2.24, 2.45) is 0 Å². The number of para-hydroxylation sites is 1. The first-order valence-electron chi connectivity index (χ1n) is 9.73. The molecule has 3 aromatic carbocycles. The number of amides is 1. The SMILES string of the molecule is C=CCn1c(C)c(C=C(C#N)C(=O)Nc2ccc3ccccc3c2)c2ccccc21. The van der Waals surface area contributed by atoms with Gasteiger partial charge < -0.3 is 9.88 Å². The van der Waals surface area contributed by atoms with Crippen molar-refractivity contribution in [2.45, 2.75) is 13.5 Å². The van der Waals surface area contributed by atoms with Gasteiger partial charge in [0.1, 0.15) is 11.6 Å². The van der Waals surface area contributed by atoms with Crippen LogP contribution >= 0.6 is 0 Å². The van der Waals surface area contributed by atoms with Gasteiger partial charge in [-0.25, -0.2) is 0 Å². The number of rotatable bonds is 5. The van der Waals surface area contributed by atoms with Gasteiger partial charge in [0.15, 0.2) is 0 Å². The maximum atomic E-state index is 12.8. The lowest BCUT2D eigenvalue weighted by Crippen LogP contribution is -2.13. The van der Waals surface area contributed by atoms with E-state index in [0.29, 0.717) is 12.2 Å². The number of allylic oxidation sites excluding steroid dienone is 1. The molecular weight excluding hydrogens is 370 g/mol. The lowest BCUT2D eigenvalue weighted by Gasteiger charge is -2.06. The number of nitrogens with one attached hydrogen (secondary N) is 1. The fourth-order valence-electron chi connectivity index (χ4n) is 3.76. The molecule has 0 aliphatic carbocycles. The molecule has 146 valence electrons. The number of carbonyl (C=O) groups excluding carboxylic acids is 1. The smallest absolute Gasteiger partial charge is 0.266 e. The molecule has 1 heterocycles. The summed E-state index contributed by atoms with van der Waals surface area (Å²) in [6.07, 6.45) is 3.51. The first kappa shape index (κ1) is 19.2. The molecule has 1 N–H and O–H groups in total. The van der Waals surface area contributed by atoms with Gasteiger partial charge in [-0.1, -0.05) is 54.6 Å². The van der Waals surface area contributed by atoms with E-state index in [1.807, 2.05) is 79.7 Å². The van der Waals surface area contributed by atoms with Gasteiger partial charge in [-0.05, 0) is 42.0 Å². The molecule has 0 fully saturated rings. The molecule has 4 aromatic rings. The highest BCUT2D eigenvalue weighted by Crippen LogP contribution is 2.28. The van der Waals surface area contributed by atoms with E-state index in [4.69, 9.17) is 0 Å². The van der Waals surface area contributed by atoms with E-state index in [0.717, 1.165) is 32.9 Å². The third-order valence-electron chi connectivity index (χ3n) is 5.25. The Labute approximate surface area is 175 Å². The second kappa shape index (κ2) is 8.10. The number of benzene rings is 3. The molecule has 4 rings (SSSR count). The first-order valence-corrected chi connectivity index (χ1v) is 9.73. The Kier molecular flexibility index (Phi) is 5.19. The van der Waals surface area contributed by atoms with Crippen LogP contribution in [0.25, 0.3) is 27.8 Å². The number of hydrogen-bond donors (Lipinski definition) is 1. The lowest BCUT2D eigenvalue weighted by atomic mass is 10.1. The molecule has 30 heavy (non-hydrogen) atoms. The normalized spacial score (nSPS) is 11.4. The Morgan fingerprint density at radius 3 is 2.60 bits per heavy atom. The van der Waals surface area contributed by atoms with Crippen molar-refractivity contribution in [3.05, 3.63) is 96.2 Å². The van der Waals surface area contributed by atoms with Crippen molar-refractivity contribution in [3.63, 3.8) is 0 Å². The number of aromatic nitrogens is 1. The Hall–Kier alpha value is -4.10. The number of fused-ring (bicyclic) bond motifs is 2. The zero-order valence-electron chi connectivity index (χ0n) is 16.7. The molecule has 4 heteroatoms. The second-order valence-corrected chi connectivity index (χ2v) is 7.10. The summed E-state index contributed by atoms with van der Waals surface area (Å²) in [4.78, 5) is 12.8. The summed E-state index contributed by atoms with van der Waals surface area (Å²) >= 11 is 0. The van der Waals surface area contributed by atoms with Gasteiger partial charge >= 0.3 is 0 Å². The monoisotopic (exact) mass is 391 g/mol. The Morgan fingerprint density at radius 1 is 1.10 bits per heavy atom. The molecule has 1 aromatic heterocycles. The molecule has 0 saturated heterocycles. The van der Waals surface area contributed by atoms with Crippen LogP contribution in [0.4, 0.5) is 5.69 Å². The topological polar surface area (TPSA) is 57.8 Å². The highest BCUT2D eigenvalue weighted by molar-refractivity contribution is 6.11. The van der Waals surface area contributed by atoms with Gasteiger partial charge in [0, 0.05) is 34.4 Å². The maximum Gasteiger partial charge on any atom is 0.266 e. The summed E-state index contributed by atoms with van der Waals surface area (Å²) < 4.78 is 2.13. The van der Waals surface area contributed by atoms with Crippen LogP contribution in [0.1, 0.15) is 11.3 Å². The van der Waals surface area contributed by atoms with E-state index in [-0.39, 0.29) is 5.57 Å². The van der Waals surface area contributed by atoms with Crippen LogP contribution in [-0.4, -0.2) is 10.5 Å². The highest BCUT2D eigenvalue weighted by atomic mass is 16.1. The minimum absolute atomic E-state index is 0.0627. The van der Waals surface area contributed by atoms with Crippen molar-refractivity contribution in [2.75, 3.05) is 5.32 Å². The fourth-order valence-corrected chi connectivity index (χ4v) is 3.76. The summed E-state index contributed by atoms with van der Waals surface area (Å²) in [5.74, 6) is -0.423. The van der Waals surface area contributed by atoms with Crippen LogP contribution in [0.2, 0.25) is 0 Å². The van der Waals surface area contributed by atoms with Crippen molar-refractivity contribution in [1.82, 2.24) is 4.57 Å². The zero-order valence-corrected chi connectivity index (χ0v) is 16.7. The van der Waals surface area contributed by atoms with Crippen molar-refractivity contribution < 1.29 is 4.79 Å². The molecule has 0 radical (unpaired) electrons. The maximum absolute atomic E-state index is 12.8. The van der Waals surface area contributed by atoms with E-state index < -0.39 is 5.91 Å². The average molecular weight is 391 g/mol. The van der Waals surface area contributed by atoms with Crippen molar-refractivity contribution in [3.8, 4) is 6.07 Å². The number of anilines is 1. The van der Waals surface area contributed by atoms with E-state index in [9.17, 15) is 10.1 Å². The van der Waals surface area contributed by atoms with Crippen LogP contribution < -0.4 is 5.32 Å². The highest BCUT2D eigenvalue weighted by Gasteiger charge is 2.15. The molecule has 0 aliphatic rings. The zero-order chi connectivity index (χ0) is 21.1. The van der Waals surface area contributed by atoms with Crippen LogP contribution in [0.3, 0.4) is 0 Å². The Balaban J connectivity index is 1.71. The van der Waals surface area contributed by atoms with Gasteiger partial charge in [0.05, 0.1) is 0 Å². The number of nitriles is 1. The number of nitrogens with zero attached hydrogens (tertiary/aromatic N) is 2. The molecule has 0 atom stereocenters. The molecule has 0 bridgehead atoms. The first-order chi connectivity index (χ1) is 14.6. The third-order valence-corrected chi connectivity index (χ3v) is 5.25. The van der Waals surface area contributed by atoms with Gasteiger partial charge in [0.2, 0.25) is 0 Å².